The molecule has 0 aromatic carbocycles. The molecule has 0 atom stereocenters. The van der Waals surface area contributed by atoms with Gasteiger partial charge in [0.1, 0.15) is 5.78 Å². The molecule has 5 saturated carbocycles. The average molecular weight is 260 g/mol. The van der Waals surface area contributed by atoms with Crippen LogP contribution in [-0.2, 0) is 4.79 Å². The summed E-state index contributed by atoms with van der Waals surface area (Å²) >= 11 is 0. The first kappa shape index (κ1) is 12.4. The highest BCUT2D eigenvalue weighted by atomic mass is 16.1. The van der Waals surface area contributed by atoms with Crippen LogP contribution in [0.1, 0.15) is 64.7 Å². The van der Waals surface area contributed by atoms with Gasteiger partial charge in [0.2, 0.25) is 0 Å². The van der Waals surface area contributed by atoms with Gasteiger partial charge in [0, 0.05) is 11.8 Å². The van der Waals surface area contributed by atoms with Crippen LogP contribution in [0, 0.1) is 41.4 Å². The molecule has 0 saturated heterocycles. The monoisotopic (exact) mass is 260 g/mol. The van der Waals surface area contributed by atoms with Gasteiger partial charge in [-0.05, 0) is 74.5 Å². The molecule has 1 nitrogen and oxygen atoms in total. The van der Waals surface area contributed by atoms with E-state index < -0.39 is 0 Å². The first-order valence-corrected chi connectivity index (χ1v) is 8.74. The zero-order chi connectivity index (χ0) is 13.0. The largest absolute Gasteiger partial charge is 0.299 e. The van der Waals surface area contributed by atoms with E-state index in [1.165, 1.54) is 57.8 Å². The maximum absolute atomic E-state index is 13.0. The smallest absolute Gasteiger partial charge is 0.139 e. The molecule has 106 valence electrons. The van der Waals surface area contributed by atoms with Gasteiger partial charge in [-0.2, -0.15) is 0 Å². The molecule has 0 spiro atoms. The fourth-order valence-electron chi connectivity index (χ4n) is 6.21. The zero-order valence-corrected chi connectivity index (χ0v) is 12.3. The van der Waals surface area contributed by atoms with E-state index in [0.717, 1.165) is 29.6 Å². The molecule has 0 aromatic rings. The van der Waals surface area contributed by atoms with E-state index in [0.29, 0.717) is 17.6 Å². The molecule has 0 heterocycles. The van der Waals surface area contributed by atoms with Crippen LogP contribution in [0.2, 0.25) is 0 Å². The van der Waals surface area contributed by atoms with E-state index in [1.54, 1.807) is 0 Å². The summed E-state index contributed by atoms with van der Waals surface area (Å²) < 4.78 is 0. The van der Waals surface area contributed by atoms with Crippen molar-refractivity contribution in [1.82, 2.24) is 0 Å². The Morgan fingerprint density at radius 3 is 1.84 bits per heavy atom. The summed E-state index contributed by atoms with van der Waals surface area (Å²) in [6, 6.07) is 0. The molecule has 0 radical (unpaired) electrons. The minimum atomic E-state index is 0.443. The minimum Gasteiger partial charge on any atom is -0.299 e. The molecule has 5 rings (SSSR count). The summed E-state index contributed by atoms with van der Waals surface area (Å²) in [7, 11) is 0. The van der Waals surface area contributed by atoms with Gasteiger partial charge < -0.3 is 0 Å². The number of carbonyl (C=O) groups excluding carboxylic acids is 1. The molecule has 0 aliphatic heterocycles. The van der Waals surface area contributed by atoms with Gasteiger partial charge in [-0.15, -0.1) is 0 Å². The Labute approximate surface area is 117 Å². The predicted octanol–water partition coefficient (Wildman–Crippen LogP) is 4.45. The number of hydrogen-bond donors (Lipinski definition) is 0. The SMILES string of the molecule is CC1CCC(C(=O)C2C3CC4CC(C3)CC2C4)CC1. The predicted molar refractivity (Wildman–Crippen MR) is 76.7 cm³/mol. The van der Waals surface area contributed by atoms with Crippen LogP contribution in [0.3, 0.4) is 0 Å². The summed E-state index contributed by atoms with van der Waals surface area (Å²) in [6.07, 6.45) is 12.1. The third-order valence-electron chi connectivity index (χ3n) is 6.97. The normalized spacial score (nSPS) is 52.4. The van der Waals surface area contributed by atoms with Crippen LogP contribution < -0.4 is 0 Å². The van der Waals surface area contributed by atoms with Gasteiger partial charge in [0.05, 0.1) is 0 Å². The lowest BCUT2D eigenvalue weighted by molar-refractivity contribution is -0.141. The van der Waals surface area contributed by atoms with Crippen LogP contribution in [0.15, 0.2) is 0 Å². The lowest BCUT2D eigenvalue weighted by Crippen LogP contribution is -2.49. The van der Waals surface area contributed by atoms with Gasteiger partial charge in [0.15, 0.2) is 0 Å². The second-order valence-corrected chi connectivity index (χ2v) is 8.32. The van der Waals surface area contributed by atoms with Gasteiger partial charge >= 0.3 is 0 Å². The maximum atomic E-state index is 13.0. The molecular formula is C18H28O. The van der Waals surface area contributed by atoms with Crippen LogP contribution in [0.4, 0.5) is 0 Å². The molecule has 5 aliphatic rings. The first-order chi connectivity index (χ1) is 9.20. The molecule has 19 heavy (non-hydrogen) atoms. The van der Waals surface area contributed by atoms with Gasteiger partial charge in [-0.3, -0.25) is 4.79 Å². The lowest BCUT2D eigenvalue weighted by Gasteiger charge is -2.54. The number of ketones is 1. The fourth-order valence-corrected chi connectivity index (χ4v) is 6.21. The van der Waals surface area contributed by atoms with E-state index in [1.807, 2.05) is 0 Å². The Bertz CT molecular complexity index is 336. The molecule has 0 unspecified atom stereocenters. The fraction of sp³-hybridized carbons (Fsp3) is 0.944. The number of Topliss-reactive ketones (excluding diaryl/α,β-unsaturated/α-hetero) is 1. The molecule has 0 amide bonds. The molecule has 0 N–H and O–H groups in total. The van der Waals surface area contributed by atoms with Crippen molar-refractivity contribution < 1.29 is 4.79 Å². The summed E-state index contributed by atoms with van der Waals surface area (Å²) in [5, 5.41) is 0. The minimum absolute atomic E-state index is 0.443. The highest BCUT2D eigenvalue weighted by Crippen LogP contribution is 2.57. The molecule has 1 heteroatoms. The Hall–Kier alpha value is -0.330. The standard InChI is InChI=1S/C18H28O/c1-11-2-4-14(5-3-11)18(19)17-15-7-12-6-13(9-15)10-16(17)8-12/h11-17H,2-10H2,1H3. The zero-order valence-electron chi connectivity index (χ0n) is 12.3. The molecule has 5 aliphatic carbocycles. The van der Waals surface area contributed by atoms with Crippen LogP contribution >= 0.6 is 0 Å². The molecule has 4 bridgehead atoms. The quantitative estimate of drug-likeness (QED) is 0.716. The Balaban J connectivity index is 1.48. The second kappa shape index (κ2) is 4.60. The third kappa shape index (κ3) is 2.08. The van der Waals surface area contributed by atoms with Crippen LogP contribution in [0.25, 0.3) is 0 Å². The first-order valence-electron chi connectivity index (χ1n) is 8.74. The Morgan fingerprint density at radius 2 is 1.32 bits per heavy atom. The van der Waals surface area contributed by atoms with Crippen molar-refractivity contribution in [1.29, 1.82) is 0 Å². The summed E-state index contributed by atoms with van der Waals surface area (Å²) in [6.45, 7) is 2.35. The van der Waals surface area contributed by atoms with Crippen molar-refractivity contribution in [2.75, 3.05) is 0 Å². The van der Waals surface area contributed by atoms with Crippen molar-refractivity contribution in [2.24, 2.45) is 41.4 Å². The van der Waals surface area contributed by atoms with E-state index in [2.05, 4.69) is 6.92 Å². The lowest BCUT2D eigenvalue weighted by atomic mass is 9.50. The third-order valence-corrected chi connectivity index (χ3v) is 6.97. The number of carbonyl (C=O) groups is 1. The van der Waals surface area contributed by atoms with E-state index in [9.17, 15) is 4.79 Å². The van der Waals surface area contributed by atoms with Crippen molar-refractivity contribution in [3.8, 4) is 0 Å². The molecule has 5 fully saturated rings. The van der Waals surface area contributed by atoms with E-state index in [-0.39, 0.29) is 0 Å². The summed E-state index contributed by atoms with van der Waals surface area (Å²) in [4.78, 5) is 13.0. The van der Waals surface area contributed by atoms with E-state index >= 15 is 0 Å². The Morgan fingerprint density at radius 1 is 0.789 bits per heavy atom. The number of rotatable bonds is 2. The van der Waals surface area contributed by atoms with Crippen molar-refractivity contribution >= 4 is 5.78 Å². The van der Waals surface area contributed by atoms with Gasteiger partial charge in [-0.1, -0.05) is 19.8 Å². The van der Waals surface area contributed by atoms with Crippen molar-refractivity contribution in [2.45, 2.75) is 64.7 Å². The van der Waals surface area contributed by atoms with Gasteiger partial charge in [0.25, 0.3) is 0 Å². The highest BCUT2D eigenvalue weighted by molar-refractivity contribution is 5.84. The van der Waals surface area contributed by atoms with Gasteiger partial charge in [-0.25, -0.2) is 0 Å². The average Bonchev–Trinajstić information content (AvgIpc) is 2.38. The topological polar surface area (TPSA) is 17.1 Å². The molecular weight excluding hydrogens is 232 g/mol. The highest BCUT2D eigenvalue weighted by Gasteiger charge is 2.51. The van der Waals surface area contributed by atoms with Crippen molar-refractivity contribution in [3.05, 3.63) is 0 Å². The Kier molecular flexibility index (Phi) is 3.01. The summed E-state index contributed by atoms with van der Waals surface area (Å²) in [5.41, 5.74) is 0. The van der Waals surface area contributed by atoms with Crippen LogP contribution in [0.5, 0.6) is 0 Å². The second-order valence-electron chi connectivity index (χ2n) is 8.32. The van der Waals surface area contributed by atoms with Crippen LogP contribution in [-0.4, -0.2) is 5.78 Å². The number of hydrogen-bond acceptors (Lipinski definition) is 1. The van der Waals surface area contributed by atoms with Crippen molar-refractivity contribution in [3.63, 3.8) is 0 Å². The van der Waals surface area contributed by atoms with E-state index in [4.69, 9.17) is 0 Å². The molecule has 0 aromatic heterocycles. The maximum Gasteiger partial charge on any atom is 0.139 e. The summed E-state index contributed by atoms with van der Waals surface area (Å²) in [5.74, 6) is 6.09.